The normalized spacial score (nSPS) is 11.6. The maximum atomic E-state index is 12.3. The molecule has 3 rings (SSSR count). The van der Waals surface area contributed by atoms with Crippen molar-refractivity contribution in [2.75, 3.05) is 18.2 Å². The third-order valence-electron chi connectivity index (χ3n) is 4.12. The summed E-state index contributed by atoms with van der Waals surface area (Å²) in [5, 5.41) is 4.98. The van der Waals surface area contributed by atoms with Crippen LogP contribution in [0.15, 0.2) is 71.6 Å². The van der Waals surface area contributed by atoms with Crippen molar-refractivity contribution in [1.29, 1.82) is 0 Å². The summed E-state index contributed by atoms with van der Waals surface area (Å²) >= 11 is 1.38. The van der Waals surface area contributed by atoms with Gasteiger partial charge in [0.15, 0.2) is 6.10 Å². The standard InChI is InChI=1S/C22H21NO4S/c1-15(22(25)23-19-9-5-6-10-20(19)26-2)27-21(24)14-28-18-12-11-16-7-3-4-8-17(16)13-18/h3-13,15H,14H2,1-2H3,(H,23,25)/t15-/m0/s1. The molecule has 0 aliphatic carbocycles. The molecule has 1 N–H and O–H groups in total. The largest absolute Gasteiger partial charge is 0.495 e. The highest BCUT2D eigenvalue weighted by atomic mass is 32.2. The van der Waals surface area contributed by atoms with Crippen molar-refractivity contribution in [2.24, 2.45) is 0 Å². The maximum absolute atomic E-state index is 12.3. The number of esters is 1. The summed E-state index contributed by atoms with van der Waals surface area (Å²) in [6.45, 7) is 1.54. The molecule has 28 heavy (non-hydrogen) atoms. The van der Waals surface area contributed by atoms with Crippen LogP contribution in [0.25, 0.3) is 10.8 Å². The van der Waals surface area contributed by atoms with Crippen LogP contribution >= 0.6 is 11.8 Å². The number of amides is 1. The third kappa shape index (κ3) is 5.04. The zero-order valence-corrected chi connectivity index (χ0v) is 16.5. The first kappa shape index (κ1) is 19.8. The Morgan fingerprint density at radius 3 is 2.50 bits per heavy atom. The minimum Gasteiger partial charge on any atom is -0.495 e. The highest BCUT2D eigenvalue weighted by molar-refractivity contribution is 8.00. The molecule has 0 unspecified atom stereocenters. The van der Waals surface area contributed by atoms with Gasteiger partial charge in [-0.1, -0.05) is 42.5 Å². The molecular formula is C22H21NO4S. The van der Waals surface area contributed by atoms with Gasteiger partial charge < -0.3 is 14.8 Å². The fraction of sp³-hybridized carbons (Fsp3) is 0.182. The van der Waals surface area contributed by atoms with Gasteiger partial charge in [-0.15, -0.1) is 11.8 Å². The van der Waals surface area contributed by atoms with Crippen LogP contribution in [0.2, 0.25) is 0 Å². The van der Waals surface area contributed by atoms with Gasteiger partial charge in [0.25, 0.3) is 5.91 Å². The molecule has 0 aliphatic heterocycles. The second-order valence-corrected chi connectivity index (χ2v) is 7.17. The number of rotatable bonds is 7. The van der Waals surface area contributed by atoms with Gasteiger partial charge in [0.05, 0.1) is 18.6 Å². The second kappa shape index (κ2) is 9.28. The maximum Gasteiger partial charge on any atom is 0.317 e. The minimum atomic E-state index is -0.908. The molecule has 0 fully saturated rings. The number of fused-ring (bicyclic) bond motifs is 1. The first-order valence-corrected chi connectivity index (χ1v) is 9.80. The van der Waals surface area contributed by atoms with E-state index in [1.807, 2.05) is 48.5 Å². The zero-order chi connectivity index (χ0) is 19.9. The van der Waals surface area contributed by atoms with Crippen LogP contribution in [0.5, 0.6) is 5.75 Å². The molecule has 5 nitrogen and oxygen atoms in total. The molecule has 1 amide bonds. The predicted molar refractivity (Wildman–Crippen MR) is 112 cm³/mol. The van der Waals surface area contributed by atoms with Crippen molar-refractivity contribution in [3.63, 3.8) is 0 Å². The SMILES string of the molecule is COc1ccccc1NC(=O)[C@H](C)OC(=O)CSc1ccc2ccccc2c1. The van der Waals surface area contributed by atoms with E-state index in [4.69, 9.17) is 9.47 Å². The van der Waals surface area contributed by atoms with Crippen LogP contribution in [-0.4, -0.2) is 30.8 Å². The topological polar surface area (TPSA) is 64.6 Å². The van der Waals surface area contributed by atoms with Crippen molar-refractivity contribution < 1.29 is 19.1 Å². The molecule has 6 heteroatoms. The second-order valence-electron chi connectivity index (χ2n) is 6.12. The van der Waals surface area contributed by atoms with E-state index >= 15 is 0 Å². The lowest BCUT2D eigenvalue weighted by molar-refractivity contribution is -0.150. The van der Waals surface area contributed by atoms with Crippen molar-refractivity contribution in [3.8, 4) is 5.75 Å². The number of carbonyl (C=O) groups is 2. The third-order valence-corrected chi connectivity index (χ3v) is 5.09. The van der Waals surface area contributed by atoms with Crippen molar-refractivity contribution in [2.45, 2.75) is 17.9 Å². The van der Waals surface area contributed by atoms with Gasteiger partial charge in [0.1, 0.15) is 5.75 Å². The summed E-state index contributed by atoms with van der Waals surface area (Å²) in [5.41, 5.74) is 0.531. The molecule has 0 spiro atoms. The summed E-state index contributed by atoms with van der Waals surface area (Å²) in [6.07, 6.45) is -0.908. The van der Waals surface area contributed by atoms with Gasteiger partial charge in [0, 0.05) is 4.90 Å². The van der Waals surface area contributed by atoms with E-state index in [1.165, 1.54) is 18.9 Å². The van der Waals surface area contributed by atoms with Gasteiger partial charge in [-0.25, -0.2) is 0 Å². The lowest BCUT2D eigenvalue weighted by atomic mass is 10.1. The summed E-state index contributed by atoms with van der Waals surface area (Å²) in [4.78, 5) is 25.4. The Balaban J connectivity index is 1.52. The van der Waals surface area contributed by atoms with Crippen LogP contribution in [0, 0.1) is 0 Å². The Bertz CT molecular complexity index is 989. The molecule has 144 valence electrons. The van der Waals surface area contributed by atoms with E-state index in [-0.39, 0.29) is 5.75 Å². The molecule has 1 atom stereocenters. The van der Waals surface area contributed by atoms with E-state index < -0.39 is 18.0 Å². The molecular weight excluding hydrogens is 374 g/mol. The van der Waals surface area contributed by atoms with E-state index in [0.717, 1.165) is 15.7 Å². The number of nitrogens with one attached hydrogen (secondary N) is 1. The van der Waals surface area contributed by atoms with Crippen LogP contribution in [0.4, 0.5) is 5.69 Å². The first-order valence-electron chi connectivity index (χ1n) is 8.82. The summed E-state index contributed by atoms with van der Waals surface area (Å²) < 4.78 is 10.5. The van der Waals surface area contributed by atoms with Gasteiger partial charge in [-0.3, -0.25) is 9.59 Å². The van der Waals surface area contributed by atoms with Crippen LogP contribution in [-0.2, 0) is 14.3 Å². The van der Waals surface area contributed by atoms with Crippen LogP contribution in [0.1, 0.15) is 6.92 Å². The minimum absolute atomic E-state index is 0.130. The fourth-order valence-electron chi connectivity index (χ4n) is 2.67. The number of anilines is 1. The predicted octanol–water partition coefficient (Wildman–Crippen LogP) is 4.51. The Labute approximate surface area is 168 Å². The van der Waals surface area contributed by atoms with E-state index in [2.05, 4.69) is 5.32 Å². The van der Waals surface area contributed by atoms with E-state index in [9.17, 15) is 9.59 Å². The molecule has 0 saturated heterocycles. The van der Waals surface area contributed by atoms with Crippen molar-refractivity contribution in [3.05, 3.63) is 66.7 Å². The molecule has 0 radical (unpaired) electrons. The van der Waals surface area contributed by atoms with Gasteiger partial charge in [0.2, 0.25) is 0 Å². The average molecular weight is 395 g/mol. The quantitative estimate of drug-likeness (QED) is 0.471. The average Bonchev–Trinajstić information content (AvgIpc) is 2.72. The summed E-state index contributed by atoms with van der Waals surface area (Å²) in [6, 6.07) is 21.1. The zero-order valence-electron chi connectivity index (χ0n) is 15.7. The number of ether oxygens (including phenoxy) is 2. The molecule has 0 bridgehead atoms. The van der Waals surface area contributed by atoms with Crippen molar-refractivity contribution >= 4 is 40.1 Å². The Morgan fingerprint density at radius 1 is 1.00 bits per heavy atom. The lowest BCUT2D eigenvalue weighted by Crippen LogP contribution is -2.30. The van der Waals surface area contributed by atoms with Crippen LogP contribution in [0.3, 0.4) is 0 Å². The van der Waals surface area contributed by atoms with Gasteiger partial charge >= 0.3 is 5.97 Å². The molecule has 0 aromatic heterocycles. The first-order chi connectivity index (χ1) is 13.6. The molecule has 0 aliphatic rings. The monoisotopic (exact) mass is 395 g/mol. The Hall–Kier alpha value is -2.99. The summed E-state index contributed by atoms with van der Waals surface area (Å²) in [7, 11) is 1.53. The number of methoxy groups -OCH3 is 1. The molecule has 0 heterocycles. The molecule has 3 aromatic carbocycles. The lowest BCUT2D eigenvalue weighted by Gasteiger charge is -2.15. The van der Waals surface area contributed by atoms with Crippen LogP contribution < -0.4 is 10.1 Å². The van der Waals surface area contributed by atoms with E-state index in [0.29, 0.717) is 11.4 Å². The highest BCUT2D eigenvalue weighted by Gasteiger charge is 2.19. The Kier molecular flexibility index (Phi) is 6.55. The van der Waals surface area contributed by atoms with Crippen molar-refractivity contribution in [1.82, 2.24) is 0 Å². The number of hydrogen-bond donors (Lipinski definition) is 1. The molecule has 3 aromatic rings. The van der Waals surface area contributed by atoms with E-state index in [1.54, 1.807) is 25.1 Å². The smallest absolute Gasteiger partial charge is 0.317 e. The number of para-hydroxylation sites is 2. The molecule has 0 saturated carbocycles. The fourth-order valence-corrected chi connectivity index (χ4v) is 3.39. The number of benzene rings is 3. The highest BCUT2D eigenvalue weighted by Crippen LogP contribution is 2.25. The number of carbonyl (C=O) groups excluding carboxylic acids is 2. The number of hydrogen-bond acceptors (Lipinski definition) is 5. The van der Waals surface area contributed by atoms with Gasteiger partial charge in [-0.2, -0.15) is 0 Å². The van der Waals surface area contributed by atoms with Gasteiger partial charge in [-0.05, 0) is 42.0 Å². The summed E-state index contributed by atoms with van der Waals surface area (Å²) in [5.74, 6) is -0.180. The Morgan fingerprint density at radius 2 is 1.71 bits per heavy atom. The number of thioether (sulfide) groups is 1.